The van der Waals surface area contributed by atoms with Crippen LogP contribution in [0.2, 0.25) is 0 Å². The SMILES string of the molecule is CCCC1CC(F)CC(F)C1. The van der Waals surface area contributed by atoms with Crippen LogP contribution in [0.5, 0.6) is 0 Å². The number of halogens is 2. The monoisotopic (exact) mass is 162 g/mol. The van der Waals surface area contributed by atoms with Gasteiger partial charge in [-0.05, 0) is 18.8 Å². The van der Waals surface area contributed by atoms with Crippen LogP contribution in [0.25, 0.3) is 0 Å². The van der Waals surface area contributed by atoms with E-state index in [1.165, 1.54) is 0 Å². The summed E-state index contributed by atoms with van der Waals surface area (Å²) >= 11 is 0. The summed E-state index contributed by atoms with van der Waals surface area (Å²) in [7, 11) is 0. The molecule has 0 saturated heterocycles. The Morgan fingerprint density at radius 3 is 2.09 bits per heavy atom. The fourth-order valence-electron chi connectivity index (χ4n) is 1.93. The maximum Gasteiger partial charge on any atom is 0.103 e. The smallest absolute Gasteiger partial charge is 0.103 e. The normalized spacial score (nSPS) is 39.0. The fourth-order valence-corrected chi connectivity index (χ4v) is 1.93. The van der Waals surface area contributed by atoms with Crippen molar-refractivity contribution < 1.29 is 8.78 Å². The third-order valence-electron chi connectivity index (χ3n) is 2.39. The minimum atomic E-state index is -0.879. The highest BCUT2D eigenvalue weighted by Crippen LogP contribution is 2.31. The van der Waals surface area contributed by atoms with Crippen LogP contribution in [0.1, 0.15) is 39.0 Å². The standard InChI is InChI=1S/C9H16F2/c1-2-3-7-4-8(10)6-9(11)5-7/h7-9H,2-6H2,1H3. The Morgan fingerprint density at radius 2 is 1.64 bits per heavy atom. The van der Waals surface area contributed by atoms with Crippen LogP contribution >= 0.6 is 0 Å². The molecule has 2 atom stereocenters. The van der Waals surface area contributed by atoms with E-state index in [0.29, 0.717) is 18.8 Å². The first-order chi connectivity index (χ1) is 5.22. The van der Waals surface area contributed by atoms with Gasteiger partial charge in [0.2, 0.25) is 0 Å². The molecule has 11 heavy (non-hydrogen) atoms. The summed E-state index contributed by atoms with van der Waals surface area (Å²) in [5, 5.41) is 0. The first kappa shape index (κ1) is 8.95. The molecule has 2 unspecified atom stereocenters. The Bertz CT molecular complexity index is 104. The second-order valence-corrected chi connectivity index (χ2v) is 3.56. The predicted octanol–water partition coefficient (Wildman–Crippen LogP) is 3.26. The van der Waals surface area contributed by atoms with Gasteiger partial charge in [-0.3, -0.25) is 0 Å². The molecule has 1 saturated carbocycles. The topological polar surface area (TPSA) is 0 Å². The average Bonchev–Trinajstić information content (AvgIpc) is 1.85. The quantitative estimate of drug-likeness (QED) is 0.584. The summed E-state index contributed by atoms with van der Waals surface area (Å²) in [6.07, 6.45) is 1.60. The Kier molecular flexibility index (Phi) is 3.28. The van der Waals surface area contributed by atoms with Crippen LogP contribution in [-0.2, 0) is 0 Å². The molecule has 1 fully saturated rings. The van der Waals surface area contributed by atoms with Crippen molar-refractivity contribution in [2.45, 2.75) is 51.4 Å². The molecule has 0 aromatic rings. The van der Waals surface area contributed by atoms with E-state index in [-0.39, 0.29) is 6.42 Å². The van der Waals surface area contributed by atoms with E-state index in [1.54, 1.807) is 0 Å². The van der Waals surface area contributed by atoms with Crippen molar-refractivity contribution >= 4 is 0 Å². The van der Waals surface area contributed by atoms with Crippen molar-refractivity contribution in [2.24, 2.45) is 5.92 Å². The molecule has 0 radical (unpaired) electrons. The highest BCUT2D eigenvalue weighted by atomic mass is 19.1. The molecule has 0 bridgehead atoms. The van der Waals surface area contributed by atoms with Gasteiger partial charge < -0.3 is 0 Å². The van der Waals surface area contributed by atoms with Crippen LogP contribution in [0.3, 0.4) is 0 Å². The van der Waals surface area contributed by atoms with Gasteiger partial charge in [-0.1, -0.05) is 19.8 Å². The third kappa shape index (κ3) is 2.76. The van der Waals surface area contributed by atoms with Gasteiger partial charge in [0.25, 0.3) is 0 Å². The lowest BCUT2D eigenvalue weighted by molar-refractivity contribution is 0.112. The van der Waals surface area contributed by atoms with Gasteiger partial charge in [-0.25, -0.2) is 8.78 Å². The van der Waals surface area contributed by atoms with Gasteiger partial charge >= 0.3 is 0 Å². The maximum absolute atomic E-state index is 12.8. The van der Waals surface area contributed by atoms with Crippen LogP contribution in [0.4, 0.5) is 8.78 Å². The maximum atomic E-state index is 12.8. The van der Waals surface area contributed by atoms with Crippen molar-refractivity contribution in [3.63, 3.8) is 0 Å². The molecule has 0 spiro atoms. The van der Waals surface area contributed by atoms with Gasteiger partial charge in [0.1, 0.15) is 12.3 Å². The van der Waals surface area contributed by atoms with Crippen molar-refractivity contribution in [3.8, 4) is 0 Å². The molecule has 0 aromatic heterocycles. The highest BCUT2D eigenvalue weighted by Gasteiger charge is 2.27. The summed E-state index contributed by atoms with van der Waals surface area (Å²) in [6.45, 7) is 2.06. The zero-order chi connectivity index (χ0) is 8.27. The number of hydrogen-bond donors (Lipinski definition) is 0. The van der Waals surface area contributed by atoms with Gasteiger partial charge in [0, 0.05) is 6.42 Å². The molecular weight excluding hydrogens is 146 g/mol. The summed E-state index contributed by atoms with van der Waals surface area (Å²) < 4.78 is 25.5. The number of hydrogen-bond acceptors (Lipinski definition) is 0. The average molecular weight is 162 g/mol. The first-order valence-electron chi connectivity index (χ1n) is 4.50. The van der Waals surface area contributed by atoms with E-state index in [9.17, 15) is 8.78 Å². The first-order valence-corrected chi connectivity index (χ1v) is 4.50. The van der Waals surface area contributed by atoms with Crippen LogP contribution in [0, 0.1) is 5.92 Å². The summed E-state index contributed by atoms with van der Waals surface area (Å²) in [5.74, 6) is 0.304. The van der Waals surface area contributed by atoms with E-state index in [4.69, 9.17) is 0 Å². The van der Waals surface area contributed by atoms with E-state index < -0.39 is 12.3 Å². The zero-order valence-corrected chi connectivity index (χ0v) is 7.02. The molecule has 0 aliphatic heterocycles. The highest BCUT2D eigenvalue weighted by molar-refractivity contribution is 4.78. The van der Waals surface area contributed by atoms with E-state index >= 15 is 0 Å². The summed E-state index contributed by atoms with van der Waals surface area (Å²) in [6, 6.07) is 0. The molecule has 2 heteroatoms. The molecule has 1 aliphatic carbocycles. The fraction of sp³-hybridized carbons (Fsp3) is 1.00. The summed E-state index contributed by atoms with van der Waals surface area (Å²) in [4.78, 5) is 0. The third-order valence-corrected chi connectivity index (χ3v) is 2.39. The van der Waals surface area contributed by atoms with Crippen LogP contribution in [0.15, 0.2) is 0 Å². The van der Waals surface area contributed by atoms with Crippen molar-refractivity contribution in [1.29, 1.82) is 0 Å². The largest absolute Gasteiger partial charge is 0.247 e. The Labute approximate surface area is 67.0 Å². The Morgan fingerprint density at radius 1 is 1.09 bits per heavy atom. The number of alkyl halides is 2. The Hall–Kier alpha value is -0.140. The minimum absolute atomic E-state index is 0.139. The van der Waals surface area contributed by atoms with Gasteiger partial charge in [-0.15, -0.1) is 0 Å². The summed E-state index contributed by atoms with van der Waals surface area (Å²) in [5.41, 5.74) is 0. The van der Waals surface area contributed by atoms with Gasteiger partial charge in [0.05, 0.1) is 0 Å². The zero-order valence-electron chi connectivity index (χ0n) is 7.02. The minimum Gasteiger partial charge on any atom is -0.247 e. The molecular formula is C9H16F2. The molecule has 1 rings (SSSR count). The van der Waals surface area contributed by atoms with E-state index in [1.807, 2.05) is 0 Å². The van der Waals surface area contributed by atoms with Crippen LogP contribution < -0.4 is 0 Å². The second kappa shape index (κ2) is 4.03. The van der Waals surface area contributed by atoms with Crippen LogP contribution in [-0.4, -0.2) is 12.3 Å². The van der Waals surface area contributed by atoms with Crippen molar-refractivity contribution in [3.05, 3.63) is 0 Å². The van der Waals surface area contributed by atoms with Crippen molar-refractivity contribution in [1.82, 2.24) is 0 Å². The van der Waals surface area contributed by atoms with E-state index in [0.717, 1.165) is 12.8 Å². The molecule has 0 N–H and O–H groups in total. The van der Waals surface area contributed by atoms with Gasteiger partial charge in [0.15, 0.2) is 0 Å². The second-order valence-electron chi connectivity index (χ2n) is 3.56. The Balaban J connectivity index is 2.30. The molecule has 0 aromatic carbocycles. The lowest BCUT2D eigenvalue weighted by Gasteiger charge is -2.26. The lowest BCUT2D eigenvalue weighted by Crippen LogP contribution is -2.24. The van der Waals surface area contributed by atoms with E-state index in [2.05, 4.69) is 6.92 Å². The molecule has 0 heterocycles. The number of rotatable bonds is 2. The lowest BCUT2D eigenvalue weighted by atomic mass is 9.84. The predicted molar refractivity (Wildman–Crippen MR) is 42.0 cm³/mol. The van der Waals surface area contributed by atoms with Crippen molar-refractivity contribution in [2.75, 3.05) is 0 Å². The molecule has 1 aliphatic rings. The molecule has 0 nitrogen and oxygen atoms in total. The van der Waals surface area contributed by atoms with Gasteiger partial charge in [-0.2, -0.15) is 0 Å². The molecule has 66 valence electrons. The molecule has 0 amide bonds.